The lowest BCUT2D eigenvalue weighted by Crippen LogP contribution is -2.06. The molecule has 0 aliphatic heterocycles. The molecule has 0 spiro atoms. The van der Waals surface area contributed by atoms with Gasteiger partial charge in [-0.05, 0) is 28.1 Å². The fourth-order valence-electron chi connectivity index (χ4n) is 1.45. The van der Waals surface area contributed by atoms with Gasteiger partial charge in [0.1, 0.15) is 0 Å². The van der Waals surface area contributed by atoms with Crippen LogP contribution in [0.3, 0.4) is 0 Å². The summed E-state index contributed by atoms with van der Waals surface area (Å²) in [6.45, 7) is 0. The fraction of sp³-hybridized carbons (Fsp3) is 0. The Kier molecular flexibility index (Phi) is 3.33. The highest BCUT2D eigenvalue weighted by Gasteiger charge is 2.18. The van der Waals surface area contributed by atoms with E-state index < -0.39 is 17.4 Å². The smallest absolute Gasteiger partial charge is 0.196 e. The molecule has 0 aromatic heterocycles. The maximum atomic E-state index is 13.6. The molecule has 0 aliphatic rings. The van der Waals surface area contributed by atoms with Gasteiger partial charge in [-0.1, -0.05) is 30.3 Å². The minimum Gasteiger partial charge on any atom is -0.288 e. The van der Waals surface area contributed by atoms with Crippen molar-refractivity contribution in [2.75, 3.05) is 0 Å². The second-order valence-corrected chi connectivity index (χ2v) is 4.27. The summed E-state index contributed by atoms with van der Waals surface area (Å²) in [6, 6.07) is 10.8. The van der Waals surface area contributed by atoms with Crippen molar-refractivity contribution in [3.05, 3.63) is 69.7 Å². The summed E-state index contributed by atoms with van der Waals surface area (Å²) >= 11 is 2.86. The standard InChI is InChI=1S/C13H7BrF2O/c14-10-7-6-9(11(15)12(10)16)13(17)8-4-2-1-3-5-8/h1-7H. The molecule has 0 N–H and O–H groups in total. The Bertz CT molecular complexity index is 567. The van der Waals surface area contributed by atoms with Gasteiger partial charge in [-0.15, -0.1) is 0 Å². The van der Waals surface area contributed by atoms with Gasteiger partial charge in [-0.2, -0.15) is 0 Å². The molecule has 2 aromatic rings. The molecular weight excluding hydrogens is 290 g/mol. The fourth-order valence-corrected chi connectivity index (χ4v) is 1.75. The highest BCUT2D eigenvalue weighted by molar-refractivity contribution is 9.10. The average Bonchev–Trinajstić information content (AvgIpc) is 2.36. The van der Waals surface area contributed by atoms with Crippen molar-refractivity contribution in [3.63, 3.8) is 0 Å². The van der Waals surface area contributed by atoms with Crippen molar-refractivity contribution in [1.82, 2.24) is 0 Å². The van der Waals surface area contributed by atoms with E-state index in [9.17, 15) is 13.6 Å². The maximum absolute atomic E-state index is 13.6. The van der Waals surface area contributed by atoms with E-state index in [1.54, 1.807) is 30.3 Å². The summed E-state index contributed by atoms with van der Waals surface area (Å²) in [7, 11) is 0. The summed E-state index contributed by atoms with van der Waals surface area (Å²) in [5.74, 6) is -2.71. The molecule has 2 aromatic carbocycles. The minimum absolute atomic E-state index is 0.000360. The monoisotopic (exact) mass is 296 g/mol. The van der Waals surface area contributed by atoms with Gasteiger partial charge in [0.2, 0.25) is 0 Å². The highest BCUT2D eigenvalue weighted by atomic mass is 79.9. The van der Waals surface area contributed by atoms with Crippen LogP contribution in [0.2, 0.25) is 0 Å². The summed E-state index contributed by atoms with van der Waals surface area (Å²) in [5, 5.41) is 0. The van der Waals surface area contributed by atoms with E-state index in [1.807, 2.05) is 0 Å². The summed E-state index contributed by atoms with van der Waals surface area (Å²) in [5.41, 5.74) is 0.0602. The molecule has 17 heavy (non-hydrogen) atoms. The first-order valence-electron chi connectivity index (χ1n) is 4.84. The largest absolute Gasteiger partial charge is 0.288 e. The Morgan fingerprint density at radius 1 is 0.941 bits per heavy atom. The third-order valence-electron chi connectivity index (χ3n) is 2.32. The Labute approximate surface area is 105 Å². The zero-order valence-corrected chi connectivity index (χ0v) is 10.2. The van der Waals surface area contributed by atoms with E-state index in [-0.39, 0.29) is 10.0 Å². The lowest BCUT2D eigenvalue weighted by molar-refractivity contribution is 0.103. The molecule has 0 fully saturated rings. The molecule has 0 unspecified atom stereocenters. The number of carbonyl (C=O) groups is 1. The van der Waals surface area contributed by atoms with E-state index in [1.165, 1.54) is 12.1 Å². The topological polar surface area (TPSA) is 17.1 Å². The molecule has 0 heterocycles. The number of hydrogen-bond donors (Lipinski definition) is 0. The van der Waals surface area contributed by atoms with E-state index in [0.717, 1.165) is 0 Å². The van der Waals surface area contributed by atoms with Gasteiger partial charge < -0.3 is 0 Å². The summed E-state index contributed by atoms with van der Waals surface area (Å²) in [6.07, 6.45) is 0. The van der Waals surface area contributed by atoms with Crippen LogP contribution in [0, 0.1) is 11.6 Å². The van der Waals surface area contributed by atoms with Crippen molar-refractivity contribution in [3.8, 4) is 0 Å². The SMILES string of the molecule is O=C(c1ccccc1)c1ccc(Br)c(F)c1F. The van der Waals surface area contributed by atoms with Gasteiger partial charge in [0.05, 0.1) is 10.0 Å². The zero-order valence-electron chi connectivity index (χ0n) is 8.58. The molecule has 2 rings (SSSR count). The molecule has 0 saturated carbocycles. The predicted octanol–water partition coefficient (Wildman–Crippen LogP) is 3.96. The second-order valence-electron chi connectivity index (χ2n) is 3.42. The second kappa shape index (κ2) is 4.75. The zero-order chi connectivity index (χ0) is 12.4. The molecule has 0 aliphatic carbocycles. The van der Waals surface area contributed by atoms with Gasteiger partial charge in [0.15, 0.2) is 17.4 Å². The van der Waals surface area contributed by atoms with Crippen molar-refractivity contribution >= 4 is 21.7 Å². The van der Waals surface area contributed by atoms with E-state index >= 15 is 0 Å². The summed E-state index contributed by atoms with van der Waals surface area (Å²) in [4.78, 5) is 11.9. The predicted molar refractivity (Wildman–Crippen MR) is 63.9 cm³/mol. The van der Waals surface area contributed by atoms with Crippen LogP contribution in [0.4, 0.5) is 8.78 Å². The van der Waals surface area contributed by atoms with Crippen molar-refractivity contribution in [2.45, 2.75) is 0 Å². The quantitative estimate of drug-likeness (QED) is 0.606. The van der Waals surface area contributed by atoms with Gasteiger partial charge in [-0.25, -0.2) is 8.78 Å². The third kappa shape index (κ3) is 2.26. The Balaban J connectivity index is 2.49. The van der Waals surface area contributed by atoms with Crippen LogP contribution in [0.25, 0.3) is 0 Å². The van der Waals surface area contributed by atoms with Crippen molar-refractivity contribution in [1.29, 1.82) is 0 Å². The molecule has 0 bridgehead atoms. The Morgan fingerprint density at radius 2 is 1.59 bits per heavy atom. The number of hydrogen-bond acceptors (Lipinski definition) is 1. The first-order valence-corrected chi connectivity index (χ1v) is 5.64. The number of ketones is 1. The van der Waals surface area contributed by atoms with Gasteiger partial charge in [0.25, 0.3) is 0 Å². The molecule has 86 valence electrons. The van der Waals surface area contributed by atoms with Crippen molar-refractivity contribution < 1.29 is 13.6 Å². The highest BCUT2D eigenvalue weighted by Crippen LogP contribution is 2.22. The minimum atomic E-state index is -1.13. The molecule has 4 heteroatoms. The van der Waals surface area contributed by atoms with Gasteiger partial charge in [-0.3, -0.25) is 4.79 Å². The van der Waals surface area contributed by atoms with E-state index in [4.69, 9.17) is 0 Å². The van der Waals surface area contributed by atoms with Crippen LogP contribution in [-0.4, -0.2) is 5.78 Å². The molecule has 0 saturated heterocycles. The molecular formula is C13H7BrF2O. The Morgan fingerprint density at radius 3 is 2.24 bits per heavy atom. The number of benzene rings is 2. The van der Waals surface area contributed by atoms with Crippen LogP contribution >= 0.6 is 15.9 Å². The third-order valence-corrected chi connectivity index (χ3v) is 2.93. The van der Waals surface area contributed by atoms with E-state index in [2.05, 4.69) is 15.9 Å². The molecule has 0 atom stereocenters. The first-order chi connectivity index (χ1) is 8.11. The van der Waals surface area contributed by atoms with Crippen LogP contribution in [-0.2, 0) is 0 Å². The molecule has 1 nitrogen and oxygen atoms in total. The maximum Gasteiger partial charge on any atom is 0.196 e. The van der Waals surface area contributed by atoms with Crippen LogP contribution in [0.15, 0.2) is 46.9 Å². The average molecular weight is 297 g/mol. The molecule has 0 radical (unpaired) electrons. The van der Waals surface area contributed by atoms with E-state index in [0.29, 0.717) is 5.56 Å². The number of rotatable bonds is 2. The van der Waals surface area contributed by atoms with Crippen molar-refractivity contribution in [2.24, 2.45) is 0 Å². The van der Waals surface area contributed by atoms with Crippen LogP contribution in [0.1, 0.15) is 15.9 Å². The Hall–Kier alpha value is -1.55. The van der Waals surface area contributed by atoms with Gasteiger partial charge >= 0.3 is 0 Å². The van der Waals surface area contributed by atoms with Gasteiger partial charge in [0, 0.05) is 5.56 Å². The lowest BCUT2D eigenvalue weighted by atomic mass is 10.0. The summed E-state index contributed by atoms with van der Waals surface area (Å²) < 4.78 is 26.9. The number of carbonyl (C=O) groups excluding carboxylic acids is 1. The lowest BCUT2D eigenvalue weighted by Gasteiger charge is -2.04. The number of halogens is 3. The van der Waals surface area contributed by atoms with Crippen LogP contribution in [0.5, 0.6) is 0 Å². The normalized spacial score (nSPS) is 10.3. The first kappa shape index (κ1) is 11.9. The van der Waals surface area contributed by atoms with Crippen LogP contribution < -0.4 is 0 Å². The molecule has 0 amide bonds.